The molecule has 2 aromatic rings. The van der Waals surface area contributed by atoms with E-state index in [-0.39, 0.29) is 11.2 Å². The minimum atomic E-state index is -0.185. The number of nitrogens with zero attached hydrogens (tertiary/aromatic N) is 1. The third-order valence-electron chi connectivity index (χ3n) is 3.99. The molecule has 126 valence electrons. The Kier molecular flexibility index (Phi) is 4.91. The zero-order valence-corrected chi connectivity index (χ0v) is 15.5. The Bertz CT molecular complexity index is 751. The zero-order valence-electron chi connectivity index (χ0n) is 13.0. The molecule has 4 nitrogen and oxygen atoms in total. The molecule has 0 spiro atoms. The van der Waals surface area contributed by atoms with Crippen molar-refractivity contribution in [3.8, 4) is 0 Å². The van der Waals surface area contributed by atoms with Crippen LogP contribution in [-0.2, 0) is 15.2 Å². The summed E-state index contributed by atoms with van der Waals surface area (Å²) in [5.74, 6) is 2.69. The van der Waals surface area contributed by atoms with Gasteiger partial charge in [-0.2, -0.15) is 0 Å². The highest BCUT2D eigenvalue weighted by molar-refractivity contribution is 8.13. The van der Waals surface area contributed by atoms with Crippen molar-refractivity contribution in [3.05, 3.63) is 50.0 Å². The van der Waals surface area contributed by atoms with E-state index in [9.17, 15) is 4.79 Å². The minimum absolute atomic E-state index is 0.0141. The van der Waals surface area contributed by atoms with Crippen molar-refractivity contribution in [1.82, 2.24) is 4.98 Å². The molecule has 0 aromatic carbocycles. The lowest BCUT2D eigenvalue weighted by Crippen LogP contribution is -2.21. The van der Waals surface area contributed by atoms with Crippen LogP contribution in [0.1, 0.15) is 52.2 Å². The van der Waals surface area contributed by atoms with Crippen LogP contribution in [-0.4, -0.2) is 16.7 Å². The first-order chi connectivity index (χ1) is 11.8. The monoisotopic (exact) mass is 379 g/mol. The third kappa shape index (κ3) is 3.53. The highest BCUT2D eigenvalue weighted by Crippen LogP contribution is 2.37. The van der Waals surface area contributed by atoms with Gasteiger partial charge in [0.15, 0.2) is 6.10 Å². The van der Waals surface area contributed by atoms with Crippen LogP contribution in [0.2, 0.25) is 0 Å². The second-order valence-electron chi connectivity index (χ2n) is 5.70. The van der Waals surface area contributed by atoms with Gasteiger partial charge in [0.2, 0.25) is 5.12 Å². The first-order valence-corrected chi connectivity index (χ1v) is 10.7. The van der Waals surface area contributed by atoms with Crippen LogP contribution < -0.4 is 0 Å². The van der Waals surface area contributed by atoms with E-state index in [1.807, 2.05) is 22.9 Å². The van der Waals surface area contributed by atoms with Gasteiger partial charge in [0.05, 0.1) is 0 Å². The Balaban J connectivity index is 1.39. The van der Waals surface area contributed by atoms with Gasteiger partial charge in [0.1, 0.15) is 28.8 Å². The fraction of sp³-hybridized carbons (Fsp3) is 0.412. The van der Waals surface area contributed by atoms with Gasteiger partial charge in [-0.25, -0.2) is 4.98 Å². The van der Waals surface area contributed by atoms with Gasteiger partial charge in [-0.1, -0.05) is 17.8 Å². The molecule has 1 unspecified atom stereocenters. The number of thiophene rings is 1. The third-order valence-corrected chi connectivity index (χ3v) is 6.92. The molecule has 0 radical (unpaired) electrons. The molecule has 24 heavy (non-hydrogen) atoms. The molecule has 0 bridgehead atoms. The maximum Gasteiger partial charge on any atom is 0.238 e. The first-order valence-electron chi connectivity index (χ1n) is 7.96. The lowest BCUT2D eigenvalue weighted by Gasteiger charge is -2.30. The van der Waals surface area contributed by atoms with E-state index < -0.39 is 0 Å². The van der Waals surface area contributed by atoms with E-state index >= 15 is 0 Å². The molecule has 7 heteroatoms. The Morgan fingerprint density at radius 1 is 1.29 bits per heavy atom. The van der Waals surface area contributed by atoms with Crippen LogP contribution in [0.5, 0.6) is 0 Å². The van der Waals surface area contributed by atoms with E-state index in [0.29, 0.717) is 18.1 Å². The number of ether oxygens (including phenoxy) is 2. The van der Waals surface area contributed by atoms with E-state index in [1.54, 1.807) is 11.3 Å². The molecule has 0 saturated heterocycles. The Morgan fingerprint density at radius 3 is 3.00 bits per heavy atom. The minimum Gasteiger partial charge on any atom is -0.490 e. The number of hydrogen-bond donors (Lipinski definition) is 0. The normalized spacial score (nSPS) is 20.2. The number of carbonyl (C=O) groups is 1. The number of aromatic nitrogens is 1. The average molecular weight is 380 g/mol. The Labute approximate surface area is 152 Å². The molecule has 2 aliphatic rings. The van der Waals surface area contributed by atoms with Crippen LogP contribution in [0, 0.1) is 0 Å². The summed E-state index contributed by atoms with van der Waals surface area (Å²) in [4.78, 5) is 18.0. The summed E-state index contributed by atoms with van der Waals surface area (Å²) in [6.45, 7) is 0.488. The fourth-order valence-electron chi connectivity index (χ4n) is 2.77. The topological polar surface area (TPSA) is 48.4 Å². The number of thioether (sulfide) groups is 1. The molecular weight excluding hydrogens is 362 g/mol. The van der Waals surface area contributed by atoms with Gasteiger partial charge in [-0.15, -0.1) is 22.7 Å². The van der Waals surface area contributed by atoms with Crippen molar-refractivity contribution in [2.45, 2.75) is 37.5 Å². The lowest BCUT2D eigenvalue weighted by molar-refractivity contribution is -0.0181. The molecule has 1 atom stereocenters. The zero-order chi connectivity index (χ0) is 16.4. The van der Waals surface area contributed by atoms with E-state index in [1.165, 1.54) is 34.4 Å². The van der Waals surface area contributed by atoms with E-state index in [2.05, 4.69) is 4.98 Å². The number of rotatable bonds is 4. The van der Waals surface area contributed by atoms with Crippen molar-refractivity contribution in [3.63, 3.8) is 0 Å². The molecule has 0 N–H and O–H groups in total. The standard InChI is InChI=1S/C17H17NO3S3/c19-17(24-9-11-4-3-7-22-11)12-10-23-16(18-12)15-8-20-13-5-1-2-6-14(13)21-15/h3-4,7,10,15H,1-2,5-6,8-9H2. The van der Waals surface area contributed by atoms with Crippen molar-refractivity contribution in [2.24, 2.45) is 0 Å². The highest BCUT2D eigenvalue weighted by Gasteiger charge is 2.29. The summed E-state index contributed by atoms with van der Waals surface area (Å²) in [6, 6.07) is 4.04. The van der Waals surface area contributed by atoms with Crippen molar-refractivity contribution < 1.29 is 14.3 Å². The SMILES string of the molecule is O=C(SCc1cccs1)c1csc(C2COC3=C(CCCC3)O2)n1. The summed E-state index contributed by atoms with van der Waals surface area (Å²) in [5.41, 5.74) is 0.517. The second-order valence-corrected chi connectivity index (χ2v) is 8.57. The molecule has 4 rings (SSSR count). The molecule has 1 aliphatic heterocycles. The number of allylic oxidation sites excluding steroid dienone is 2. The lowest BCUT2D eigenvalue weighted by atomic mass is 10.0. The largest absolute Gasteiger partial charge is 0.490 e. The van der Waals surface area contributed by atoms with Crippen molar-refractivity contribution >= 4 is 39.6 Å². The molecule has 2 aromatic heterocycles. The summed E-state index contributed by atoms with van der Waals surface area (Å²) >= 11 is 4.44. The average Bonchev–Trinajstić information content (AvgIpc) is 3.31. The molecule has 0 amide bonds. The van der Waals surface area contributed by atoms with Crippen LogP contribution in [0.4, 0.5) is 0 Å². The van der Waals surface area contributed by atoms with Crippen LogP contribution >= 0.6 is 34.4 Å². The molecular formula is C17H17NO3S3. The molecule has 3 heterocycles. The molecule has 0 saturated carbocycles. The van der Waals surface area contributed by atoms with Crippen LogP contribution in [0.25, 0.3) is 0 Å². The fourth-order valence-corrected chi connectivity index (χ4v) is 5.21. The van der Waals surface area contributed by atoms with E-state index in [0.717, 1.165) is 35.8 Å². The predicted molar refractivity (Wildman–Crippen MR) is 97.3 cm³/mol. The predicted octanol–water partition coefficient (Wildman–Crippen LogP) is 5.15. The van der Waals surface area contributed by atoms with Gasteiger partial charge in [0, 0.05) is 28.9 Å². The number of hydrogen-bond acceptors (Lipinski definition) is 7. The van der Waals surface area contributed by atoms with Gasteiger partial charge in [-0.3, -0.25) is 4.79 Å². The maximum absolute atomic E-state index is 12.3. The first kappa shape index (κ1) is 16.2. The molecule has 0 fully saturated rings. The maximum atomic E-state index is 12.3. The van der Waals surface area contributed by atoms with Crippen molar-refractivity contribution in [1.29, 1.82) is 0 Å². The Hall–Kier alpha value is -1.31. The van der Waals surface area contributed by atoms with Crippen LogP contribution in [0.15, 0.2) is 34.4 Å². The summed E-state index contributed by atoms with van der Waals surface area (Å²) in [6.07, 6.45) is 4.05. The van der Waals surface area contributed by atoms with Crippen molar-refractivity contribution in [2.75, 3.05) is 6.61 Å². The summed E-state index contributed by atoms with van der Waals surface area (Å²) in [5, 5.41) is 4.69. The summed E-state index contributed by atoms with van der Waals surface area (Å²) < 4.78 is 11.9. The van der Waals surface area contributed by atoms with Gasteiger partial charge in [0.25, 0.3) is 0 Å². The number of thiazole rings is 1. The highest BCUT2D eigenvalue weighted by atomic mass is 32.2. The summed E-state index contributed by atoms with van der Waals surface area (Å²) in [7, 11) is 0. The van der Waals surface area contributed by atoms with Crippen LogP contribution in [0.3, 0.4) is 0 Å². The van der Waals surface area contributed by atoms with Gasteiger partial charge < -0.3 is 9.47 Å². The van der Waals surface area contributed by atoms with Gasteiger partial charge >= 0.3 is 0 Å². The van der Waals surface area contributed by atoms with Gasteiger partial charge in [-0.05, 0) is 24.3 Å². The smallest absolute Gasteiger partial charge is 0.238 e. The van der Waals surface area contributed by atoms with E-state index in [4.69, 9.17) is 9.47 Å². The molecule has 1 aliphatic carbocycles. The quantitative estimate of drug-likeness (QED) is 0.735. The number of carbonyl (C=O) groups excluding carboxylic acids is 1. The Morgan fingerprint density at radius 2 is 2.17 bits per heavy atom. The second kappa shape index (κ2) is 7.29.